The maximum atomic E-state index is 6.31. The minimum atomic E-state index is -0.523. The first kappa shape index (κ1) is 35.8. The number of hydrogen-bond acceptors (Lipinski definition) is 3. The van der Waals surface area contributed by atoms with Gasteiger partial charge in [-0.3, -0.25) is 0 Å². The lowest BCUT2D eigenvalue weighted by atomic mass is 9.67. The van der Waals surface area contributed by atoms with Gasteiger partial charge in [-0.15, -0.1) is 0 Å². The number of fused-ring (bicyclic) bond motifs is 6. The van der Waals surface area contributed by atoms with Gasteiger partial charge in [0.05, 0.1) is 16.8 Å². The van der Waals surface area contributed by atoms with Crippen molar-refractivity contribution in [1.82, 2.24) is 9.97 Å². The van der Waals surface area contributed by atoms with Gasteiger partial charge in [-0.05, 0) is 79.9 Å². The van der Waals surface area contributed by atoms with Gasteiger partial charge in [0.25, 0.3) is 0 Å². The molecule has 0 aliphatic heterocycles. The Labute approximate surface area is 360 Å². The first-order chi connectivity index (χ1) is 30.7. The minimum Gasteiger partial charge on any atom is -0.456 e. The summed E-state index contributed by atoms with van der Waals surface area (Å²) in [6.07, 6.45) is 0. The molecule has 290 valence electrons. The van der Waals surface area contributed by atoms with Crippen LogP contribution in [0, 0.1) is 0 Å². The van der Waals surface area contributed by atoms with Crippen LogP contribution in [0.2, 0.25) is 0 Å². The summed E-state index contributed by atoms with van der Waals surface area (Å²) < 4.78 is 6.31. The highest BCUT2D eigenvalue weighted by atomic mass is 16.3. The van der Waals surface area contributed by atoms with Gasteiger partial charge in [0.2, 0.25) is 0 Å². The SMILES string of the molecule is c1ccc(-c2ccc(-c3cc(-c4ccc(-c5ccc(C6(c7ccc8oc9ccccc9c8c7)c7ccccc7-c7ccccc76)cc5)cc4)nc(-c4ccccc4)n3)cc2)cc1. The van der Waals surface area contributed by atoms with Crippen LogP contribution in [0.15, 0.2) is 235 Å². The summed E-state index contributed by atoms with van der Waals surface area (Å²) in [5, 5.41) is 2.26. The van der Waals surface area contributed by atoms with Crippen LogP contribution in [-0.4, -0.2) is 9.97 Å². The summed E-state index contributed by atoms with van der Waals surface area (Å²) in [7, 11) is 0. The Bertz CT molecular complexity index is 3380. The minimum absolute atomic E-state index is 0.523. The lowest BCUT2D eigenvalue weighted by Gasteiger charge is -2.34. The summed E-state index contributed by atoms with van der Waals surface area (Å²) >= 11 is 0. The fourth-order valence-electron chi connectivity index (χ4n) is 9.65. The summed E-state index contributed by atoms with van der Waals surface area (Å²) in [6.45, 7) is 0. The fraction of sp³-hybridized carbons (Fsp3) is 0.0169. The number of para-hydroxylation sites is 1. The van der Waals surface area contributed by atoms with Crippen LogP contribution in [-0.2, 0) is 5.41 Å². The highest BCUT2D eigenvalue weighted by molar-refractivity contribution is 6.05. The van der Waals surface area contributed by atoms with Crippen molar-refractivity contribution in [3.05, 3.63) is 253 Å². The topological polar surface area (TPSA) is 38.9 Å². The summed E-state index contributed by atoms with van der Waals surface area (Å²) in [5.74, 6) is 0.703. The van der Waals surface area contributed by atoms with Crippen molar-refractivity contribution in [2.75, 3.05) is 0 Å². The predicted octanol–water partition coefficient (Wildman–Crippen LogP) is 15.1. The average molecular weight is 791 g/mol. The number of nitrogens with zero attached hydrogens (tertiary/aromatic N) is 2. The molecule has 9 aromatic carbocycles. The first-order valence-corrected chi connectivity index (χ1v) is 21.1. The third-order valence-corrected chi connectivity index (χ3v) is 12.6. The van der Waals surface area contributed by atoms with E-state index in [0.717, 1.165) is 61.1 Å². The molecule has 1 aliphatic carbocycles. The molecule has 3 heteroatoms. The van der Waals surface area contributed by atoms with Gasteiger partial charge in [-0.1, -0.05) is 206 Å². The van der Waals surface area contributed by atoms with Crippen LogP contribution in [0.5, 0.6) is 0 Å². The van der Waals surface area contributed by atoms with Crippen molar-refractivity contribution in [3.63, 3.8) is 0 Å². The van der Waals surface area contributed by atoms with Crippen molar-refractivity contribution >= 4 is 21.9 Å². The predicted molar refractivity (Wildman–Crippen MR) is 254 cm³/mol. The molecule has 12 rings (SSSR count). The Morgan fingerprint density at radius 1 is 0.306 bits per heavy atom. The van der Waals surface area contributed by atoms with E-state index in [2.05, 4.69) is 200 Å². The van der Waals surface area contributed by atoms with Gasteiger partial charge in [-0.25, -0.2) is 9.97 Å². The van der Waals surface area contributed by atoms with Crippen LogP contribution < -0.4 is 0 Å². The number of hydrogen-bond donors (Lipinski definition) is 0. The molecule has 0 bridgehead atoms. The normalized spacial score (nSPS) is 12.6. The maximum Gasteiger partial charge on any atom is 0.160 e. The monoisotopic (exact) mass is 790 g/mol. The van der Waals surface area contributed by atoms with Crippen LogP contribution in [0.4, 0.5) is 0 Å². The van der Waals surface area contributed by atoms with E-state index >= 15 is 0 Å². The van der Waals surface area contributed by atoms with Gasteiger partial charge in [-0.2, -0.15) is 0 Å². The zero-order valence-electron chi connectivity index (χ0n) is 33.7. The van der Waals surface area contributed by atoms with Crippen LogP contribution in [0.3, 0.4) is 0 Å². The van der Waals surface area contributed by atoms with Crippen LogP contribution in [0.25, 0.3) is 89.2 Å². The van der Waals surface area contributed by atoms with Gasteiger partial charge in [0.15, 0.2) is 5.82 Å². The van der Waals surface area contributed by atoms with Gasteiger partial charge < -0.3 is 4.42 Å². The highest BCUT2D eigenvalue weighted by Gasteiger charge is 2.46. The van der Waals surface area contributed by atoms with Gasteiger partial charge in [0.1, 0.15) is 11.2 Å². The smallest absolute Gasteiger partial charge is 0.160 e. The molecule has 0 spiro atoms. The summed E-state index contributed by atoms with van der Waals surface area (Å²) in [6, 6.07) is 82.3. The van der Waals surface area contributed by atoms with E-state index in [9.17, 15) is 0 Å². The maximum absolute atomic E-state index is 6.31. The molecular formula is C59H38N2O. The highest BCUT2D eigenvalue weighted by Crippen LogP contribution is 2.56. The van der Waals surface area contributed by atoms with E-state index in [4.69, 9.17) is 14.4 Å². The van der Waals surface area contributed by atoms with Gasteiger partial charge in [0, 0.05) is 27.5 Å². The van der Waals surface area contributed by atoms with E-state index in [1.807, 2.05) is 30.3 Å². The lowest BCUT2D eigenvalue weighted by molar-refractivity contribution is 0.668. The summed E-state index contributed by atoms with van der Waals surface area (Å²) in [4.78, 5) is 10.2. The molecule has 0 amide bonds. The zero-order valence-corrected chi connectivity index (χ0v) is 33.7. The first-order valence-electron chi connectivity index (χ1n) is 21.1. The van der Waals surface area contributed by atoms with E-state index < -0.39 is 5.41 Å². The molecule has 0 radical (unpaired) electrons. The fourth-order valence-corrected chi connectivity index (χ4v) is 9.65. The molecule has 2 heterocycles. The van der Waals surface area contributed by atoms with E-state index in [1.165, 1.54) is 44.5 Å². The van der Waals surface area contributed by atoms with Crippen molar-refractivity contribution in [2.24, 2.45) is 0 Å². The van der Waals surface area contributed by atoms with Gasteiger partial charge >= 0.3 is 0 Å². The Kier molecular flexibility index (Phi) is 8.39. The third kappa shape index (κ3) is 5.82. The standard InChI is InChI=1S/C59H38N2O/c1-3-13-39(14-4-1)40-23-27-43(28-24-40)54-38-55(61-58(60-54)45-15-5-2-6-16-45)44-29-25-41(26-30-44)42-31-33-46(34-32-42)59(52-20-10-7-17-48(52)49-18-8-11-21-53(49)59)47-35-36-57-51(37-47)50-19-9-12-22-56(50)62-57/h1-38H. The molecule has 11 aromatic rings. The number of aromatic nitrogens is 2. The van der Waals surface area contributed by atoms with Crippen LogP contribution >= 0.6 is 0 Å². The molecule has 2 aromatic heterocycles. The molecule has 0 fully saturated rings. The van der Waals surface area contributed by atoms with Crippen molar-refractivity contribution in [1.29, 1.82) is 0 Å². The quantitative estimate of drug-likeness (QED) is 0.161. The molecule has 3 nitrogen and oxygen atoms in total. The Morgan fingerprint density at radius 2 is 0.742 bits per heavy atom. The molecule has 0 unspecified atom stereocenters. The molecule has 1 aliphatic rings. The molecule has 62 heavy (non-hydrogen) atoms. The second-order valence-electron chi connectivity index (χ2n) is 16.1. The van der Waals surface area contributed by atoms with Crippen molar-refractivity contribution in [3.8, 4) is 67.3 Å². The van der Waals surface area contributed by atoms with E-state index in [-0.39, 0.29) is 0 Å². The van der Waals surface area contributed by atoms with E-state index in [0.29, 0.717) is 5.82 Å². The van der Waals surface area contributed by atoms with Crippen molar-refractivity contribution < 1.29 is 4.42 Å². The molecule has 0 saturated heterocycles. The number of rotatable bonds is 7. The molecule has 0 N–H and O–H groups in total. The molecule has 0 saturated carbocycles. The Hall–Kier alpha value is -8.14. The molecular weight excluding hydrogens is 753 g/mol. The Morgan fingerprint density at radius 3 is 1.34 bits per heavy atom. The zero-order chi connectivity index (χ0) is 41.0. The number of benzene rings is 9. The third-order valence-electron chi connectivity index (χ3n) is 12.6. The lowest BCUT2D eigenvalue weighted by Crippen LogP contribution is -2.28. The molecule has 0 atom stereocenters. The van der Waals surface area contributed by atoms with Crippen molar-refractivity contribution in [2.45, 2.75) is 5.41 Å². The summed E-state index contributed by atoms with van der Waals surface area (Å²) in [5.41, 5.74) is 18.3. The van der Waals surface area contributed by atoms with Crippen LogP contribution in [0.1, 0.15) is 22.3 Å². The number of furan rings is 1. The second kappa shape index (κ2) is 14.5. The Balaban J connectivity index is 0.929. The largest absolute Gasteiger partial charge is 0.456 e. The average Bonchev–Trinajstić information content (AvgIpc) is 3.88. The second-order valence-corrected chi connectivity index (χ2v) is 16.1. The van der Waals surface area contributed by atoms with E-state index in [1.54, 1.807) is 0 Å².